The van der Waals surface area contributed by atoms with Crippen molar-refractivity contribution in [3.05, 3.63) is 39.5 Å². The maximum Gasteiger partial charge on any atom is 0.264 e. The molecule has 1 heterocycles. The summed E-state index contributed by atoms with van der Waals surface area (Å²) in [5, 5.41) is 7.29. The summed E-state index contributed by atoms with van der Waals surface area (Å²) in [6.07, 6.45) is 0. The molecule has 0 fully saturated rings. The van der Waals surface area contributed by atoms with Gasteiger partial charge in [-0.05, 0) is 12.1 Å². The number of rotatable bonds is 4. The van der Waals surface area contributed by atoms with Crippen LogP contribution in [0.1, 0.15) is 0 Å². The molecule has 0 atom stereocenters. The first-order chi connectivity index (χ1) is 9.85. The molecule has 2 rings (SSSR count). The van der Waals surface area contributed by atoms with E-state index in [1.807, 2.05) is 0 Å². The number of ether oxygens (including phenoxy) is 1. The third kappa shape index (κ3) is 3.49. The first-order valence-electron chi connectivity index (χ1n) is 5.39. The van der Waals surface area contributed by atoms with E-state index in [9.17, 15) is 8.42 Å². The Kier molecular flexibility index (Phi) is 4.77. The topological polar surface area (TPSA) is 81.2 Å². The van der Waals surface area contributed by atoms with Crippen molar-refractivity contribution in [1.82, 2.24) is 10.2 Å². The number of halogens is 3. The lowest BCUT2D eigenvalue weighted by molar-refractivity contribution is 0.414. The van der Waals surface area contributed by atoms with E-state index < -0.39 is 10.0 Å². The Morgan fingerprint density at radius 3 is 2.57 bits per heavy atom. The van der Waals surface area contributed by atoms with Crippen LogP contribution in [0, 0.1) is 0 Å². The molecule has 0 unspecified atom stereocenters. The van der Waals surface area contributed by atoms with Crippen LogP contribution < -0.4 is 9.46 Å². The summed E-state index contributed by atoms with van der Waals surface area (Å²) in [6.45, 7) is 0. The number of anilines is 1. The maximum atomic E-state index is 12.3. The quantitative estimate of drug-likeness (QED) is 0.896. The number of nitrogens with one attached hydrogen (secondary N) is 1. The number of benzene rings is 1. The summed E-state index contributed by atoms with van der Waals surface area (Å²) in [5.41, 5.74) is 0. The van der Waals surface area contributed by atoms with Crippen LogP contribution in [0.3, 0.4) is 0 Å². The van der Waals surface area contributed by atoms with Crippen LogP contribution in [0.25, 0.3) is 0 Å². The normalized spacial score (nSPS) is 11.2. The van der Waals surface area contributed by atoms with Crippen molar-refractivity contribution in [1.29, 1.82) is 0 Å². The molecule has 0 aliphatic rings. The van der Waals surface area contributed by atoms with Crippen LogP contribution in [-0.2, 0) is 10.0 Å². The van der Waals surface area contributed by atoms with Crippen LogP contribution in [0.4, 0.5) is 5.82 Å². The van der Waals surface area contributed by atoms with E-state index in [2.05, 4.69) is 14.9 Å². The molecule has 21 heavy (non-hydrogen) atoms. The lowest BCUT2D eigenvalue weighted by Crippen LogP contribution is -2.15. The molecule has 10 heteroatoms. The van der Waals surface area contributed by atoms with Gasteiger partial charge in [0, 0.05) is 6.07 Å². The van der Waals surface area contributed by atoms with Gasteiger partial charge in [0.05, 0.1) is 17.2 Å². The zero-order chi connectivity index (χ0) is 15.6. The summed E-state index contributed by atoms with van der Waals surface area (Å²) in [4.78, 5) is -0.185. The van der Waals surface area contributed by atoms with Crippen LogP contribution in [0.5, 0.6) is 5.75 Å². The second-order valence-electron chi connectivity index (χ2n) is 3.74. The molecule has 1 N–H and O–H groups in total. The second-order valence-corrected chi connectivity index (χ2v) is 6.56. The van der Waals surface area contributed by atoms with Gasteiger partial charge in [0.1, 0.15) is 4.90 Å². The van der Waals surface area contributed by atoms with Crippen LogP contribution in [-0.4, -0.2) is 25.7 Å². The van der Waals surface area contributed by atoms with Crippen molar-refractivity contribution in [2.45, 2.75) is 4.90 Å². The summed E-state index contributed by atoms with van der Waals surface area (Å²) in [5.74, 6) is 0.00895. The van der Waals surface area contributed by atoms with E-state index in [0.29, 0.717) is 0 Å². The summed E-state index contributed by atoms with van der Waals surface area (Å²) in [7, 11) is -2.66. The van der Waals surface area contributed by atoms with Crippen molar-refractivity contribution in [2.24, 2.45) is 0 Å². The highest BCUT2D eigenvalue weighted by Crippen LogP contribution is 2.31. The molecular weight excluding hydrogens is 361 g/mol. The number of hydrogen-bond donors (Lipinski definition) is 1. The first-order valence-corrected chi connectivity index (χ1v) is 8.01. The van der Waals surface area contributed by atoms with Crippen molar-refractivity contribution in [3.63, 3.8) is 0 Å². The molecule has 0 spiro atoms. The van der Waals surface area contributed by atoms with E-state index in [4.69, 9.17) is 39.5 Å². The standard InChI is InChI=1S/C11H8Cl3N3O3S/c1-20-7-5-9(13)15-16-11(7)17-21(18,19)8-4-2-3-6(12)10(8)14/h2-5H,1H3,(H,16,17). The van der Waals surface area contributed by atoms with Gasteiger partial charge < -0.3 is 4.74 Å². The molecule has 2 aromatic rings. The molecule has 1 aromatic heterocycles. The number of nitrogens with zero attached hydrogens (tertiary/aromatic N) is 2. The predicted octanol–water partition coefficient (Wildman–Crippen LogP) is 3.25. The molecular formula is C11H8Cl3N3O3S. The van der Waals surface area contributed by atoms with Gasteiger partial charge in [0.2, 0.25) is 5.82 Å². The Labute approximate surface area is 136 Å². The Morgan fingerprint density at radius 2 is 1.90 bits per heavy atom. The Balaban J connectivity index is 2.45. The van der Waals surface area contributed by atoms with Gasteiger partial charge in [-0.2, -0.15) is 0 Å². The van der Waals surface area contributed by atoms with Gasteiger partial charge in [-0.1, -0.05) is 40.9 Å². The molecule has 112 valence electrons. The van der Waals surface area contributed by atoms with Crippen molar-refractivity contribution in [3.8, 4) is 5.75 Å². The molecule has 0 aliphatic heterocycles. The minimum Gasteiger partial charge on any atom is -0.493 e. The molecule has 0 radical (unpaired) electrons. The summed E-state index contributed by atoms with van der Waals surface area (Å²) >= 11 is 17.4. The molecule has 0 saturated heterocycles. The Morgan fingerprint density at radius 1 is 1.19 bits per heavy atom. The monoisotopic (exact) mass is 367 g/mol. The second kappa shape index (κ2) is 6.23. The highest BCUT2D eigenvalue weighted by atomic mass is 35.5. The molecule has 0 amide bonds. The number of hydrogen-bond acceptors (Lipinski definition) is 5. The third-order valence-electron chi connectivity index (χ3n) is 2.39. The molecule has 0 aliphatic carbocycles. The number of sulfonamides is 1. The zero-order valence-electron chi connectivity index (χ0n) is 10.5. The predicted molar refractivity (Wildman–Crippen MR) is 80.9 cm³/mol. The van der Waals surface area contributed by atoms with Crippen LogP contribution in [0.15, 0.2) is 29.2 Å². The smallest absolute Gasteiger partial charge is 0.264 e. The van der Waals surface area contributed by atoms with Crippen LogP contribution >= 0.6 is 34.8 Å². The molecule has 1 aromatic carbocycles. The fraction of sp³-hybridized carbons (Fsp3) is 0.0909. The van der Waals surface area contributed by atoms with E-state index in [0.717, 1.165) is 0 Å². The van der Waals surface area contributed by atoms with E-state index in [1.54, 1.807) is 0 Å². The SMILES string of the molecule is COc1cc(Cl)nnc1NS(=O)(=O)c1cccc(Cl)c1Cl. The number of aromatic nitrogens is 2. The number of methoxy groups -OCH3 is 1. The maximum absolute atomic E-state index is 12.3. The Bertz CT molecular complexity index is 784. The van der Waals surface area contributed by atoms with Gasteiger partial charge in [0.15, 0.2) is 10.9 Å². The van der Waals surface area contributed by atoms with Gasteiger partial charge >= 0.3 is 0 Å². The van der Waals surface area contributed by atoms with Crippen molar-refractivity contribution < 1.29 is 13.2 Å². The van der Waals surface area contributed by atoms with Gasteiger partial charge in [-0.15, -0.1) is 10.2 Å². The largest absolute Gasteiger partial charge is 0.493 e. The summed E-state index contributed by atoms with van der Waals surface area (Å²) < 4.78 is 31.8. The minimum absolute atomic E-state index is 0.0654. The van der Waals surface area contributed by atoms with E-state index >= 15 is 0 Å². The molecule has 0 bridgehead atoms. The van der Waals surface area contributed by atoms with Crippen LogP contribution in [0.2, 0.25) is 15.2 Å². The minimum atomic E-state index is -4.00. The van der Waals surface area contributed by atoms with Gasteiger partial charge in [-0.25, -0.2) is 8.42 Å². The first kappa shape index (κ1) is 16.1. The van der Waals surface area contributed by atoms with Crippen molar-refractivity contribution in [2.75, 3.05) is 11.8 Å². The third-order valence-corrected chi connectivity index (χ3v) is 4.88. The average Bonchev–Trinajstić information content (AvgIpc) is 2.43. The summed E-state index contributed by atoms with van der Waals surface area (Å²) in [6, 6.07) is 5.58. The Hall–Kier alpha value is -1.28. The lowest BCUT2D eigenvalue weighted by atomic mass is 10.4. The van der Waals surface area contributed by atoms with Crippen molar-refractivity contribution >= 4 is 50.6 Å². The molecule has 0 saturated carbocycles. The lowest BCUT2D eigenvalue weighted by Gasteiger charge is -2.11. The van der Waals surface area contributed by atoms with Gasteiger partial charge in [0.25, 0.3) is 10.0 Å². The highest BCUT2D eigenvalue weighted by Gasteiger charge is 2.22. The zero-order valence-corrected chi connectivity index (χ0v) is 13.6. The molecule has 6 nitrogen and oxygen atoms in total. The van der Waals surface area contributed by atoms with E-state index in [1.165, 1.54) is 31.4 Å². The fourth-order valence-corrected chi connectivity index (χ4v) is 3.36. The van der Waals surface area contributed by atoms with E-state index in [-0.39, 0.29) is 31.7 Å². The fourth-order valence-electron chi connectivity index (χ4n) is 1.45. The highest BCUT2D eigenvalue weighted by molar-refractivity contribution is 7.92. The van der Waals surface area contributed by atoms with Gasteiger partial charge in [-0.3, -0.25) is 4.72 Å². The average molecular weight is 369 g/mol.